The van der Waals surface area contributed by atoms with Crippen molar-refractivity contribution >= 4 is 95.9 Å². The van der Waals surface area contributed by atoms with Crippen LogP contribution in [0, 0.1) is 0 Å². The van der Waals surface area contributed by atoms with Crippen molar-refractivity contribution in [2.24, 2.45) is 0 Å². The second-order valence-electron chi connectivity index (χ2n) is 13.8. The van der Waals surface area contributed by atoms with Crippen molar-refractivity contribution in [1.29, 1.82) is 0 Å². The van der Waals surface area contributed by atoms with Crippen molar-refractivity contribution in [2.75, 3.05) is 0 Å². The zero-order chi connectivity index (χ0) is 35.1. The van der Waals surface area contributed by atoms with Gasteiger partial charge in [0.2, 0.25) is 0 Å². The van der Waals surface area contributed by atoms with E-state index < -0.39 is 8.07 Å². The molecule has 1 aliphatic rings. The average Bonchev–Trinajstić information content (AvgIpc) is 3.76. The number of halogens is 1. The lowest BCUT2D eigenvalue weighted by Gasteiger charge is -2.40. The number of furan rings is 1. The van der Waals surface area contributed by atoms with E-state index in [1.54, 1.807) is 0 Å². The van der Waals surface area contributed by atoms with Crippen LogP contribution in [0.3, 0.4) is 0 Å². The van der Waals surface area contributed by atoms with Crippen LogP contribution in [-0.2, 0) is 0 Å². The first-order valence-electron chi connectivity index (χ1n) is 17.9. The highest BCUT2D eigenvalue weighted by Crippen LogP contribution is 2.37. The summed E-state index contributed by atoms with van der Waals surface area (Å²) in [6.07, 6.45) is 0. The summed E-state index contributed by atoms with van der Waals surface area (Å²) in [5.74, 6) is 0. The second-order valence-corrected chi connectivity index (χ2v) is 19.0. The lowest BCUT2D eigenvalue weighted by atomic mass is 10.1. The summed E-state index contributed by atoms with van der Waals surface area (Å²) in [5.41, 5.74) is 7.80. The molecule has 0 saturated heterocycles. The minimum absolute atomic E-state index is 0.759. The monoisotopic (exact) mass is 731 g/mol. The fourth-order valence-electron chi connectivity index (χ4n) is 8.68. The summed E-state index contributed by atoms with van der Waals surface area (Å²) >= 11 is 8.52. The summed E-state index contributed by atoms with van der Waals surface area (Å²) in [7, 11) is -2.82. The molecule has 2 aromatic heterocycles. The molecule has 1 atom stereocenters. The molecule has 0 amide bonds. The molecule has 8 aromatic carbocycles. The van der Waals surface area contributed by atoms with Gasteiger partial charge in [0.25, 0.3) is 0 Å². The molecule has 0 radical (unpaired) electrons. The first-order valence-corrected chi connectivity index (χ1v) is 21.0. The summed E-state index contributed by atoms with van der Waals surface area (Å²) in [6, 6.07) is 66.4. The van der Waals surface area contributed by atoms with E-state index >= 15 is 0 Å². The predicted octanol–water partition coefficient (Wildman–Crippen LogP) is 10.8. The molecule has 0 aliphatic carbocycles. The van der Waals surface area contributed by atoms with Gasteiger partial charge in [-0.2, -0.15) is 0 Å². The second kappa shape index (κ2) is 11.9. The minimum Gasteiger partial charge on any atom is -0.456 e. The SMILES string of the molecule is Clc1ccc2c(c1)Sc1ccccc1[Si]2(c1ccc(-c2ccc(-n3c4ccccc4c4ccccc43)cc2)cc1)c1ccc2oc3ccccc3c2c1. The van der Waals surface area contributed by atoms with Crippen molar-refractivity contribution in [3.05, 3.63) is 187 Å². The van der Waals surface area contributed by atoms with Crippen LogP contribution < -0.4 is 20.7 Å². The van der Waals surface area contributed by atoms with Gasteiger partial charge in [0, 0.05) is 42.0 Å². The van der Waals surface area contributed by atoms with Gasteiger partial charge in [-0.05, 0) is 86.5 Å². The quantitative estimate of drug-likeness (QED) is 0.168. The van der Waals surface area contributed by atoms with Crippen LogP contribution in [0.15, 0.2) is 196 Å². The predicted molar refractivity (Wildman–Crippen MR) is 226 cm³/mol. The largest absolute Gasteiger partial charge is 0.456 e. The zero-order valence-corrected chi connectivity index (χ0v) is 31.0. The van der Waals surface area contributed by atoms with Crippen LogP contribution in [0.5, 0.6) is 0 Å². The van der Waals surface area contributed by atoms with Gasteiger partial charge in [-0.15, -0.1) is 0 Å². The Labute approximate surface area is 316 Å². The lowest BCUT2D eigenvalue weighted by Crippen LogP contribution is -2.76. The maximum absolute atomic E-state index is 6.70. The Morgan fingerprint density at radius 3 is 1.79 bits per heavy atom. The maximum Gasteiger partial charge on any atom is 0.181 e. The van der Waals surface area contributed by atoms with Gasteiger partial charge in [0.1, 0.15) is 11.2 Å². The highest BCUT2D eigenvalue weighted by Gasteiger charge is 2.47. The van der Waals surface area contributed by atoms with Gasteiger partial charge in [-0.3, -0.25) is 0 Å². The molecular formula is C48H30ClNOSSi. The molecule has 1 unspecified atom stereocenters. The Hall–Kier alpha value is -5.78. The molecule has 0 bridgehead atoms. The van der Waals surface area contributed by atoms with Gasteiger partial charge in [-0.1, -0.05) is 151 Å². The Morgan fingerprint density at radius 1 is 0.453 bits per heavy atom. The molecule has 0 fully saturated rings. The Balaban J connectivity index is 1.08. The highest BCUT2D eigenvalue weighted by atomic mass is 35.5. The molecule has 5 heteroatoms. The van der Waals surface area contributed by atoms with E-state index in [0.29, 0.717) is 0 Å². The van der Waals surface area contributed by atoms with E-state index in [9.17, 15) is 0 Å². The van der Waals surface area contributed by atoms with Crippen molar-refractivity contribution in [3.8, 4) is 16.8 Å². The summed E-state index contributed by atoms with van der Waals surface area (Å²) in [6.45, 7) is 0. The van der Waals surface area contributed by atoms with E-state index in [0.717, 1.165) is 32.6 Å². The molecular weight excluding hydrogens is 702 g/mol. The summed E-state index contributed by atoms with van der Waals surface area (Å²) in [4.78, 5) is 2.51. The van der Waals surface area contributed by atoms with E-state index in [4.69, 9.17) is 16.0 Å². The van der Waals surface area contributed by atoms with E-state index in [1.807, 2.05) is 17.8 Å². The normalized spacial score (nSPS) is 15.3. The number of aromatic nitrogens is 1. The Bertz CT molecular complexity index is 3000. The lowest BCUT2D eigenvalue weighted by molar-refractivity contribution is 0.669. The summed E-state index contributed by atoms with van der Waals surface area (Å²) in [5, 5.41) is 11.0. The number of para-hydroxylation sites is 3. The smallest absolute Gasteiger partial charge is 0.181 e. The fraction of sp³-hybridized carbons (Fsp3) is 0. The van der Waals surface area contributed by atoms with Crippen LogP contribution in [0.2, 0.25) is 5.02 Å². The molecule has 3 heterocycles. The molecule has 0 saturated carbocycles. The van der Waals surface area contributed by atoms with Crippen LogP contribution in [0.25, 0.3) is 60.6 Å². The van der Waals surface area contributed by atoms with Gasteiger partial charge >= 0.3 is 0 Å². The average molecular weight is 732 g/mol. The van der Waals surface area contributed by atoms with Crippen LogP contribution in [0.4, 0.5) is 0 Å². The van der Waals surface area contributed by atoms with E-state index in [2.05, 4.69) is 180 Å². The van der Waals surface area contributed by atoms with Crippen molar-refractivity contribution in [1.82, 2.24) is 4.57 Å². The standard InChI is InChI=1S/C48H30ClNOSSi/c49-33-21-28-48-46(29-33)52-45-15-7-8-16-47(45)53(48,36-26-27-44-40(30-36)39-11-3-6-14-43(39)51-44)35-24-19-32(20-25-35)31-17-22-34(23-18-31)50-41-12-4-1-9-37(41)38-10-2-5-13-42(38)50/h1-30H. The zero-order valence-electron chi connectivity index (χ0n) is 28.5. The van der Waals surface area contributed by atoms with Crippen LogP contribution in [0.1, 0.15) is 0 Å². The van der Waals surface area contributed by atoms with E-state index in [1.165, 1.54) is 63.5 Å². The summed E-state index contributed by atoms with van der Waals surface area (Å²) < 4.78 is 8.69. The molecule has 250 valence electrons. The van der Waals surface area contributed by atoms with E-state index in [-0.39, 0.29) is 0 Å². The number of benzene rings is 8. The molecule has 53 heavy (non-hydrogen) atoms. The fourth-order valence-corrected chi connectivity index (χ4v) is 15.9. The van der Waals surface area contributed by atoms with Crippen molar-refractivity contribution in [3.63, 3.8) is 0 Å². The molecule has 0 spiro atoms. The highest BCUT2D eigenvalue weighted by molar-refractivity contribution is 8.00. The first-order chi connectivity index (χ1) is 26.2. The van der Waals surface area contributed by atoms with Crippen molar-refractivity contribution in [2.45, 2.75) is 9.79 Å². The number of fused-ring (bicyclic) bond motifs is 8. The Kier molecular flexibility index (Phi) is 6.90. The van der Waals surface area contributed by atoms with Gasteiger partial charge in [-0.25, -0.2) is 0 Å². The van der Waals surface area contributed by atoms with Gasteiger partial charge in [0.05, 0.1) is 11.0 Å². The molecule has 11 rings (SSSR count). The first kappa shape index (κ1) is 30.8. The number of hydrogen-bond donors (Lipinski definition) is 0. The van der Waals surface area contributed by atoms with Crippen LogP contribution >= 0.6 is 23.4 Å². The molecule has 2 nitrogen and oxygen atoms in total. The Morgan fingerprint density at radius 2 is 1.04 bits per heavy atom. The third-order valence-corrected chi connectivity index (χ3v) is 17.6. The van der Waals surface area contributed by atoms with Gasteiger partial charge in [0.15, 0.2) is 8.07 Å². The third-order valence-electron chi connectivity index (χ3n) is 11.0. The number of hydrogen-bond acceptors (Lipinski definition) is 2. The van der Waals surface area contributed by atoms with Crippen LogP contribution in [-0.4, -0.2) is 12.6 Å². The molecule has 10 aromatic rings. The molecule has 1 aliphatic heterocycles. The minimum atomic E-state index is -2.82. The number of rotatable bonds is 4. The van der Waals surface area contributed by atoms with Crippen molar-refractivity contribution < 1.29 is 4.42 Å². The topological polar surface area (TPSA) is 18.1 Å². The molecule has 0 N–H and O–H groups in total. The maximum atomic E-state index is 6.70. The number of nitrogens with zero attached hydrogens (tertiary/aromatic N) is 1. The van der Waals surface area contributed by atoms with Gasteiger partial charge < -0.3 is 8.98 Å². The third kappa shape index (κ3) is 4.60.